The van der Waals surface area contributed by atoms with Crippen LogP contribution in [-0.4, -0.2) is 11.2 Å². The van der Waals surface area contributed by atoms with Crippen molar-refractivity contribution in [2.24, 2.45) is 11.8 Å². The van der Waals surface area contributed by atoms with Crippen LogP contribution in [0.5, 0.6) is 0 Å². The molecular formula is C18H26ClFO. The lowest BCUT2D eigenvalue weighted by molar-refractivity contribution is 0.0719. The van der Waals surface area contributed by atoms with Crippen molar-refractivity contribution in [2.75, 3.05) is 0 Å². The molecule has 0 saturated heterocycles. The molecule has 1 fully saturated rings. The molecule has 1 aromatic rings. The van der Waals surface area contributed by atoms with Gasteiger partial charge in [-0.05, 0) is 36.8 Å². The number of rotatable bonds is 6. The maximum absolute atomic E-state index is 13.8. The second kappa shape index (κ2) is 8.14. The van der Waals surface area contributed by atoms with Crippen molar-refractivity contribution in [1.29, 1.82) is 0 Å². The van der Waals surface area contributed by atoms with E-state index < -0.39 is 6.10 Å². The molecule has 0 radical (unpaired) electrons. The molecule has 0 amide bonds. The Bertz CT molecular complexity index is 421. The fraction of sp³-hybridized carbons (Fsp3) is 0.667. The molecule has 1 unspecified atom stereocenters. The van der Waals surface area contributed by atoms with Crippen LogP contribution in [0, 0.1) is 17.7 Å². The van der Waals surface area contributed by atoms with Crippen molar-refractivity contribution < 1.29 is 9.50 Å². The summed E-state index contributed by atoms with van der Waals surface area (Å²) in [5.74, 6) is 0.808. The first-order valence-corrected chi connectivity index (χ1v) is 8.60. The molecular weight excluding hydrogens is 287 g/mol. The van der Waals surface area contributed by atoms with Crippen molar-refractivity contribution >= 4 is 11.6 Å². The van der Waals surface area contributed by atoms with Gasteiger partial charge in [-0.15, -0.1) is 0 Å². The molecule has 1 aromatic carbocycles. The van der Waals surface area contributed by atoms with Crippen molar-refractivity contribution in [3.8, 4) is 0 Å². The number of hydrogen-bond donors (Lipinski definition) is 1. The van der Waals surface area contributed by atoms with Gasteiger partial charge >= 0.3 is 0 Å². The molecule has 0 heterocycles. The predicted octanol–water partition coefficient (Wildman–Crippen LogP) is 5.38. The zero-order chi connectivity index (χ0) is 15.2. The highest BCUT2D eigenvalue weighted by Gasteiger charge is 2.27. The van der Waals surface area contributed by atoms with E-state index in [-0.39, 0.29) is 5.82 Å². The van der Waals surface area contributed by atoms with E-state index in [4.69, 9.17) is 11.6 Å². The van der Waals surface area contributed by atoms with Crippen LogP contribution in [0.2, 0.25) is 5.02 Å². The molecule has 1 saturated carbocycles. The van der Waals surface area contributed by atoms with Crippen LogP contribution in [0.4, 0.5) is 4.39 Å². The Hall–Kier alpha value is -0.600. The van der Waals surface area contributed by atoms with E-state index in [1.54, 1.807) is 12.1 Å². The van der Waals surface area contributed by atoms with Crippen molar-refractivity contribution in [3.05, 3.63) is 34.6 Å². The summed E-state index contributed by atoms with van der Waals surface area (Å²) in [6.45, 7) is 2.23. The number of benzene rings is 1. The summed E-state index contributed by atoms with van der Waals surface area (Å²) in [5.41, 5.74) is 0.458. The largest absolute Gasteiger partial charge is 0.392 e. The molecule has 0 aliphatic heterocycles. The van der Waals surface area contributed by atoms with E-state index in [1.165, 1.54) is 38.2 Å². The third-order valence-corrected chi connectivity index (χ3v) is 5.23. The lowest BCUT2D eigenvalue weighted by atomic mass is 9.76. The van der Waals surface area contributed by atoms with Crippen LogP contribution in [-0.2, 0) is 6.42 Å². The average Bonchev–Trinajstić information content (AvgIpc) is 2.49. The maximum atomic E-state index is 13.8. The van der Waals surface area contributed by atoms with Gasteiger partial charge in [0.15, 0.2) is 0 Å². The minimum absolute atomic E-state index is 0.290. The summed E-state index contributed by atoms with van der Waals surface area (Å²) in [7, 11) is 0. The van der Waals surface area contributed by atoms with Crippen LogP contribution in [0.25, 0.3) is 0 Å². The van der Waals surface area contributed by atoms with E-state index in [9.17, 15) is 9.50 Å². The third kappa shape index (κ3) is 4.69. The molecule has 1 aliphatic rings. The fourth-order valence-corrected chi connectivity index (χ4v) is 3.70. The number of halogens is 2. The van der Waals surface area contributed by atoms with Crippen LogP contribution in [0.15, 0.2) is 18.2 Å². The molecule has 1 aliphatic carbocycles. The Morgan fingerprint density at radius 1 is 1.29 bits per heavy atom. The summed E-state index contributed by atoms with van der Waals surface area (Å²) in [6.07, 6.45) is 8.25. The maximum Gasteiger partial charge on any atom is 0.127 e. The van der Waals surface area contributed by atoms with Gasteiger partial charge in [-0.2, -0.15) is 0 Å². The first-order valence-electron chi connectivity index (χ1n) is 8.22. The molecule has 1 atom stereocenters. The van der Waals surface area contributed by atoms with E-state index in [0.717, 1.165) is 18.8 Å². The second-order valence-electron chi connectivity index (χ2n) is 6.39. The minimum atomic E-state index is -0.480. The van der Waals surface area contributed by atoms with Crippen LogP contribution < -0.4 is 0 Å². The second-order valence-corrected chi connectivity index (χ2v) is 6.80. The topological polar surface area (TPSA) is 20.2 Å². The van der Waals surface area contributed by atoms with E-state index in [2.05, 4.69) is 6.92 Å². The fourth-order valence-electron chi connectivity index (χ4n) is 3.46. The van der Waals surface area contributed by atoms with Crippen molar-refractivity contribution in [1.82, 2.24) is 0 Å². The molecule has 3 heteroatoms. The van der Waals surface area contributed by atoms with Gasteiger partial charge in [-0.3, -0.25) is 0 Å². The smallest absolute Gasteiger partial charge is 0.127 e. The SMILES string of the molecule is CCCCC1CCC(C(O)Cc2c(F)cccc2Cl)CC1. The summed E-state index contributed by atoms with van der Waals surface area (Å²) in [6, 6.07) is 4.70. The molecule has 1 N–H and O–H groups in total. The standard InChI is InChI=1S/C18H26ClFO/c1-2-3-5-13-8-10-14(11-9-13)18(21)12-15-16(19)6-4-7-17(15)20/h4,6-7,13-14,18,21H,2-3,5,8-12H2,1H3. The summed E-state index contributed by atoms with van der Waals surface area (Å²) in [4.78, 5) is 0. The molecule has 118 valence electrons. The highest BCUT2D eigenvalue weighted by Crippen LogP contribution is 2.35. The molecule has 0 bridgehead atoms. The van der Waals surface area contributed by atoms with Gasteiger partial charge in [0, 0.05) is 17.0 Å². The lowest BCUT2D eigenvalue weighted by Crippen LogP contribution is -2.28. The highest BCUT2D eigenvalue weighted by molar-refractivity contribution is 6.31. The lowest BCUT2D eigenvalue weighted by Gasteiger charge is -2.31. The van der Waals surface area contributed by atoms with Gasteiger partial charge < -0.3 is 5.11 Å². The van der Waals surface area contributed by atoms with Crippen molar-refractivity contribution in [2.45, 2.75) is 64.4 Å². The van der Waals surface area contributed by atoms with Crippen LogP contribution >= 0.6 is 11.6 Å². The first-order chi connectivity index (χ1) is 10.1. The number of hydrogen-bond acceptors (Lipinski definition) is 1. The molecule has 1 nitrogen and oxygen atoms in total. The van der Waals surface area contributed by atoms with Gasteiger partial charge in [0.1, 0.15) is 5.82 Å². The predicted molar refractivity (Wildman–Crippen MR) is 86.1 cm³/mol. The Morgan fingerprint density at radius 2 is 2.00 bits per heavy atom. The zero-order valence-electron chi connectivity index (χ0n) is 12.8. The molecule has 21 heavy (non-hydrogen) atoms. The summed E-state index contributed by atoms with van der Waals surface area (Å²) in [5, 5.41) is 10.8. The van der Waals surface area contributed by atoms with Gasteiger partial charge in [0.05, 0.1) is 6.10 Å². The van der Waals surface area contributed by atoms with Gasteiger partial charge in [0.25, 0.3) is 0 Å². The Labute approximate surface area is 132 Å². The molecule has 0 spiro atoms. The molecule has 0 aromatic heterocycles. The minimum Gasteiger partial charge on any atom is -0.392 e. The first kappa shape index (κ1) is 16.8. The quantitative estimate of drug-likeness (QED) is 0.747. The number of unbranched alkanes of at least 4 members (excludes halogenated alkanes) is 1. The van der Waals surface area contributed by atoms with E-state index in [0.29, 0.717) is 22.9 Å². The third-order valence-electron chi connectivity index (χ3n) is 4.88. The van der Waals surface area contributed by atoms with Crippen LogP contribution in [0.3, 0.4) is 0 Å². The zero-order valence-corrected chi connectivity index (χ0v) is 13.6. The van der Waals surface area contributed by atoms with E-state index >= 15 is 0 Å². The number of aliphatic hydroxyl groups is 1. The average molecular weight is 313 g/mol. The molecule has 2 rings (SSSR count). The normalized spacial score (nSPS) is 24.0. The van der Waals surface area contributed by atoms with Gasteiger partial charge in [0.2, 0.25) is 0 Å². The van der Waals surface area contributed by atoms with E-state index in [1.807, 2.05) is 0 Å². The number of aliphatic hydroxyl groups excluding tert-OH is 1. The van der Waals surface area contributed by atoms with Gasteiger partial charge in [-0.1, -0.05) is 56.7 Å². The Kier molecular flexibility index (Phi) is 6.50. The van der Waals surface area contributed by atoms with Crippen molar-refractivity contribution in [3.63, 3.8) is 0 Å². The van der Waals surface area contributed by atoms with Gasteiger partial charge in [-0.25, -0.2) is 4.39 Å². The Morgan fingerprint density at radius 3 is 2.62 bits per heavy atom. The summed E-state index contributed by atoms with van der Waals surface area (Å²) >= 11 is 6.04. The monoisotopic (exact) mass is 312 g/mol. The Balaban J connectivity index is 1.86. The highest BCUT2D eigenvalue weighted by atomic mass is 35.5. The summed E-state index contributed by atoms with van der Waals surface area (Å²) < 4.78 is 13.8. The van der Waals surface area contributed by atoms with Crippen LogP contribution in [0.1, 0.15) is 57.4 Å².